The lowest BCUT2D eigenvalue weighted by atomic mass is 9.99. The highest BCUT2D eigenvalue weighted by Gasteiger charge is 2.39. The van der Waals surface area contributed by atoms with E-state index in [1.165, 1.54) is 0 Å². The van der Waals surface area contributed by atoms with Crippen LogP contribution in [0, 0.1) is 0 Å². The minimum absolute atomic E-state index is 0.133. The van der Waals surface area contributed by atoms with E-state index < -0.39 is 0 Å². The predicted molar refractivity (Wildman–Crippen MR) is 76.4 cm³/mol. The minimum atomic E-state index is -0.242. The molecule has 0 saturated carbocycles. The number of rotatable bonds is 4. The van der Waals surface area contributed by atoms with E-state index >= 15 is 0 Å². The summed E-state index contributed by atoms with van der Waals surface area (Å²) < 4.78 is -0.483. The van der Waals surface area contributed by atoms with E-state index in [2.05, 4.69) is 63.7 Å². The molecule has 0 fully saturated rings. The number of carbonyl (C=O) groups excluding carboxylic acids is 1. The van der Waals surface area contributed by atoms with E-state index in [9.17, 15) is 4.79 Å². The van der Waals surface area contributed by atoms with Crippen molar-refractivity contribution in [2.45, 2.75) is 46.0 Å². The van der Waals surface area contributed by atoms with E-state index in [0.29, 0.717) is 0 Å². The van der Waals surface area contributed by atoms with Gasteiger partial charge in [0.1, 0.15) is 0 Å². The largest absolute Gasteiger partial charge is 0.297 e. The van der Waals surface area contributed by atoms with Gasteiger partial charge in [0, 0.05) is 8.65 Å². The topological polar surface area (TPSA) is 17.1 Å². The summed E-state index contributed by atoms with van der Waals surface area (Å²) in [5, 5.41) is 0. The summed E-state index contributed by atoms with van der Waals surface area (Å²) in [5.41, 5.74) is 0. The Labute approximate surface area is 119 Å². The van der Waals surface area contributed by atoms with Crippen molar-refractivity contribution < 1.29 is 4.79 Å². The van der Waals surface area contributed by atoms with Gasteiger partial charge in [0.15, 0.2) is 5.78 Å². The molecule has 0 heterocycles. The second-order valence-corrected chi connectivity index (χ2v) is 10.2. The van der Waals surface area contributed by atoms with E-state index in [1.54, 1.807) is 0 Å². The molecule has 0 N–H and O–H groups in total. The molecular formula is C9H14Br4O. The van der Waals surface area contributed by atoms with Crippen molar-refractivity contribution in [2.24, 2.45) is 0 Å². The zero-order valence-electron chi connectivity index (χ0n) is 8.57. The maximum Gasteiger partial charge on any atom is 0.162 e. The SMILES string of the molecule is CC(C)(Br)C(Br)C(=O)C(Br)C(C)(C)Br. The molecule has 5 heteroatoms. The minimum Gasteiger partial charge on any atom is -0.297 e. The molecule has 14 heavy (non-hydrogen) atoms. The quantitative estimate of drug-likeness (QED) is 0.571. The molecule has 0 bridgehead atoms. The van der Waals surface area contributed by atoms with E-state index in [0.717, 1.165) is 0 Å². The van der Waals surface area contributed by atoms with Crippen LogP contribution in [-0.4, -0.2) is 24.1 Å². The Morgan fingerprint density at radius 1 is 0.929 bits per heavy atom. The van der Waals surface area contributed by atoms with E-state index in [-0.39, 0.29) is 24.1 Å². The zero-order valence-corrected chi connectivity index (χ0v) is 14.9. The van der Waals surface area contributed by atoms with Crippen LogP contribution in [0.25, 0.3) is 0 Å². The van der Waals surface area contributed by atoms with Gasteiger partial charge in [-0.2, -0.15) is 0 Å². The van der Waals surface area contributed by atoms with Crippen molar-refractivity contribution in [1.82, 2.24) is 0 Å². The first-order valence-corrected chi connectivity index (χ1v) is 7.59. The third-order valence-corrected chi connectivity index (χ3v) is 7.04. The summed E-state index contributed by atoms with van der Waals surface area (Å²) in [4.78, 5) is 11.6. The van der Waals surface area contributed by atoms with Crippen LogP contribution in [0.4, 0.5) is 0 Å². The van der Waals surface area contributed by atoms with Gasteiger partial charge in [0.25, 0.3) is 0 Å². The Bertz CT molecular complexity index is 192. The van der Waals surface area contributed by atoms with Gasteiger partial charge < -0.3 is 0 Å². The van der Waals surface area contributed by atoms with E-state index in [4.69, 9.17) is 0 Å². The predicted octanol–water partition coefficient (Wildman–Crippen LogP) is 4.43. The van der Waals surface area contributed by atoms with Gasteiger partial charge in [-0.1, -0.05) is 63.7 Å². The Morgan fingerprint density at radius 2 is 1.14 bits per heavy atom. The molecule has 0 aliphatic rings. The Kier molecular flexibility index (Phi) is 5.88. The normalized spacial score (nSPS) is 17.7. The van der Waals surface area contributed by atoms with Crippen molar-refractivity contribution in [3.05, 3.63) is 0 Å². The molecule has 0 saturated heterocycles. The summed E-state index contributed by atoms with van der Waals surface area (Å²) in [7, 11) is 0. The maximum absolute atomic E-state index is 12.0. The molecule has 0 aromatic rings. The smallest absolute Gasteiger partial charge is 0.162 e. The average Bonchev–Trinajstić information content (AvgIpc) is 1.97. The van der Waals surface area contributed by atoms with Crippen molar-refractivity contribution >= 4 is 69.5 Å². The van der Waals surface area contributed by atoms with Crippen LogP contribution < -0.4 is 0 Å². The van der Waals surface area contributed by atoms with Crippen molar-refractivity contribution in [2.75, 3.05) is 0 Å². The van der Waals surface area contributed by atoms with Crippen LogP contribution in [0.5, 0.6) is 0 Å². The first-order valence-electron chi connectivity index (χ1n) is 4.17. The first kappa shape index (κ1) is 15.6. The maximum atomic E-state index is 12.0. The third kappa shape index (κ3) is 4.62. The van der Waals surface area contributed by atoms with Gasteiger partial charge in [0.05, 0.1) is 9.65 Å². The second kappa shape index (κ2) is 5.28. The van der Waals surface area contributed by atoms with Crippen LogP contribution >= 0.6 is 63.7 Å². The van der Waals surface area contributed by atoms with Gasteiger partial charge in [0.2, 0.25) is 0 Å². The Morgan fingerprint density at radius 3 is 1.29 bits per heavy atom. The molecule has 0 amide bonds. The van der Waals surface area contributed by atoms with Crippen LogP contribution in [0.15, 0.2) is 0 Å². The highest BCUT2D eigenvalue weighted by Crippen LogP contribution is 2.35. The number of halogens is 4. The molecule has 2 unspecified atom stereocenters. The van der Waals surface area contributed by atoms with Gasteiger partial charge in [-0.05, 0) is 27.7 Å². The van der Waals surface area contributed by atoms with Crippen LogP contribution in [0.2, 0.25) is 0 Å². The molecule has 0 spiro atoms. The van der Waals surface area contributed by atoms with Gasteiger partial charge in [-0.15, -0.1) is 0 Å². The number of carbonyl (C=O) groups is 1. The monoisotopic (exact) mass is 454 g/mol. The highest BCUT2D eigenvalue weighted by molar-refractivity contribution is 9.13. The lowest BCUT2D eigenvalue weighted by Crippen LogP contribution is -2.43. The lowest BCUT2D eigenvalue weighted by molar-refractivity contribution is -0.118. The lowest BCUT2D eigenvalue weighted by Gasteiger charge is -2.29. The molecule has 0 aromatic heterocycles. The van der Waals surface area contributed by atoms with Crippen molar-refractivity contribution in [1.29, 1.82) is 0 Å². The van der Waals surface area contributed by atoms with E-state index in [1.807, 2.05) is 27.7 Å². The Hall–Kier alpha value is 1.59. The van der Waals surface area contributed by atoms with Crippen LogP contribution in [0.1, 0.15) is 27.7 Å². The average molecular weight is 458 g/mol. The molecular weight excluding hydrogens is 444 g/mol. The number of hydrogen-bond donors (Lipinski definition) is 0. The number of Topliss-reactive ketones (excluding diaryl/α,β-unsaturated/α-hetero) is 1. The summed E-state index contributed by atoms with van der Waals surface area (Å²) >= 11 is 13.8. The Balaban J connectivity index is 4.65. The highest BCUT2D eigenvalue weighted by atomic mass is 79.9. The molecule has 1 nitrogen and oxygen atoms in total. The number of ketones is 1. The third-order valence-electron chi connectivity index (χ3n) is 1.70. The van der Waals surface area contributed by atoms with Crippen molar-refractivity contribution in [3.8, 4) is 0 Å². The fourth-order valence-electron chi connectivity index (χ4n) is 0.805. The summed E-state index contributed by atoms with van der Waals surface area (Å²) in [6.45, 7) is 7.85. The number of alkyl halides is 4. The molecule has 0 aliphatic carbocycles. The molecule has 2 atom stereocenters. The fourth-order valence-corrected chi connectivity index (χ4v) is 2.14. The fraction of sp³-hybridized carbons (Fsp3) is 0.889. The first-order chi connectivity index (χ1) is 5.98. The zero-order chi connectivity index (χ0) is 11.7. The van der Waals surface area contributed by atoms with Gasteiger partial charge >= 0.3 is 0 Å². The molecule has 84 valence electrons. The molecule has 0 aromatic carbocycles. The van der Waals surface area contributed by atoms with Crippen LogP contribution in [0.3, 0.4) is 0 Å². The van der Waals surface area contributed by atoms with Crippen molar-refractivity contribution in [3.63, 3.8) is 0 Å². The summed E-state index contributed by atoms with van der Waals surface area (Å²) in [6.07, 6.45) is 0. The molecule has 0 rings (SSSR count). The van der Waals surface area contributed by atoms with Crippen LogP contribution in [-0.2, 0) is 4.79 Å². The molecule has 0 aliphatic heterocycles. The van der Waals surface area contributed by atoms with Gasteiger partial charge in [-0.25, -0.2) is 0 Å². The molecule has 0 radical (unpaired) electrons. The summed E-state index contributed by atoms with van der Waals surface area (Å²) in [5.74, 6) is 0.133. The number of hydrogen-bond acceptors (Lipinski definition) is 1. The standard InChI is InChI=1S/C9H14Br4O/c1-8(2,12)6(10)5(14)7(11)9(3,4)13/h6-7H,1-4H3. The second-order valence-electron chi connectivity index (χ2n) is 4.26. The summed E-state index contributed by atoms with van der Waals surface area (Å²) in [6, 6.07) is 0. The van der Waals surface area contributed by atoms with Gasteiger partial charge in [-0.3, -0.25) is 4.79 Å².